The number of carbonyl (C=O) groups excluding carboxylic acids is 1. The fraction of sp³-hybridized carbons (Fsp3) is 0.500. The van der Waals surface area contributed by atoms with E-state index in [0.29, 0.717) is 5.56 Å². The Labute approximate surface area is 122 Å². The van der Waals surface area contributed by atoms with Crippen LogP contribution < -0.4 is 5.32 Å². The lowest BCUT2D eigenvalue weighted by Crippen LogP contribution is -2.28. The van der Waals surface area contributed by atoms with Crippen molar-refractivity contribution in [3.63, 3.8) is 0 Å². The van der Waals surface area contributed by atoms with Gasteiger partial charge in [-0.2, -0.15) is 11.3 Å². The molecular weight excluding hydrogens is 272 g/mol. The van der Waals surface area contributed by atoms with E-state index in [9.17, 15) is 4.79 Å². The first-order valence-electron chi connectivity index (χ1n) is 7.01. The summed E-state index contributed by atoms with van der Waals surface area (Å²) in [4.78, 5) is 12.1. The number of fused-ring (bicyclic) bond motifs is 1. The van der Waals surface area contributed by atoms with Crippen molar-refractivity contribution in [2.24, 2.45) is 0 Å². The maximum Gasteiger partial charge on any atom is 0.252 e. The second-order valence-corrected chi connectivity index (χ2v) is 5.92. The number of aryl methyl sites for hydroxylation is 1. The highest BCUT2D eigenvalue weighted by atomic mass is 32.1. The fourth-order valence-corrected chi connectivity index (χ4v) is 3.20. The lowest BCUT2D eigenvalue weighted by molar-refractivity contribution is 0.0938. The number of amides is 1. The van der Waals surface area contributed by atoms with Gasteiger partial charge in [-0.3, -0.25) is 4.79 Å². The van der Waals surface area contributed by atoms with Gasteiger partial charge < -0.3 is 9.88 Å². The first-order valence-corrected chi connectivity index (χ1v) is 7.95. The normalized spacial score (nSPS) is 16.2. The van der Waals surface area contributed by atoms with Crippen LogP contribution in [0.3, 0.4) is 0 Å². The SMILES string of the molecule is C[C@@H](NC(=O)c1ccsc1)c1nnc2n1CCCCC2. The highest BCUT2D eigenvalue weighted by Crippen LogP contribution is 2.19. The van der Waals surface area contributed by atoms with Gasteiger partial charge >= 0.3 is 0 Å². The Balaban J connectivity index is 1.76. The molecule has 0 fully saturated rings. The molecule has 1 atom stereocenters. The van der Waals surface area contributed by atoms with Gasteiger partial charge in [0.2, 0.25) is 0 Å². The minimum absolute atomic E-state index is 0.0512. The molecule has 0 aliphatic carbocycles. The Morgan fingerprint density at radius 1 is 1.40 bits per heavy atom. The van der Waals surface area contributed by atoms with E-state index in [2.05, 4.69) is 20.1 Å². The van der Waals surface area contributed by atoms with Crippen LogP contribution in [0.4, 0.5) is 0 Å². The van der Waals surface area contributed by atoms with Crippen LogP contribution in [0.5, 0.6) is 0 Å². The number of carbonyl (C=O) groups is 1. The van der Waals surface area contributed by atoms with Gasteiger partial charge in [0.05, 0.1) is 11.6 Å². The predicted molar refractivity (Wildman–Crippen MR) is 77.8 cm³/mol. The van der Waals surface area contributed by atoms with Gasteiger partial charge in [0.25, 0.3) is 5.91 Å². The summed E-state index contributed by atoms with van der Waals surface area (Å²) in [6.45, 7) is 2.92. The monoisotopic (exact) mass is 290 g/mol. The Bertz CT molecular complexity index is 590. The molecule has 2 aromatic heterocycles. The smallest absolute Gasteiger partial charge is 0.252 e. The third kappa shape index (κ3) is 2.60. The Kier molecular flexibility index (Phi) is 3.82. The van der Waals surface area contributed by atoms with Crippen molar-refractivity contribution in [2.45, 2.75) is 45.2 Å². The summed E-state index contributed by atoms with van der Waals surface area (Å²) in [6.07, 6.45) is 4.55. The third-order valence-electron chi connectivity index (χ3n) is 3.66. The summed E-state index contributed by atoms with van der Waals surface area (Å²) in [7, 11) is 0. The molecule has 0 unspecified atom stereocenters. The molecule has 1 aliphatic rings. The number of thiophene rings is 1. The van der Waals surface area contributed by atoms with E-state index < -0.39 is 0 Å². The number of aromatic nitrogens is 3. The number of hydrogen-bond acceptors (Lipinski definition) is 4. The van der Waals surface area contributed by atoms with Crippen molar-refractivity contribution in [3.8, 4) is 0 Å². The van der Waals surface area contributed by atoms with Gasteiger partial charge in [-0.25, -0.2) is 0 Å². The Morgan fingerprint density at radius 3 is 3.10 bits per heavy atom. The van der Waals surface area contributed by atoms with E-state index >= 15 is 0 Å². The third-order valence-corrected chi connectivity index (χ3v) is 4.34. The van der Waals surface area contributed by atoms with Crippen LogP contribution in [0, 0.1) is 0 Å². The summed E-state index contributed by atoms with van der Waals surface area (Å²) in [5, 5.41) is 15.3. The van der Waals surface area contributed by atoms with Crippen LogP contribution in [-0.2, 0) is 13.0 Å². The standard InChI is InChI=1S/C14H18N4OS/c1-10(15-14(19)11-6-8-20-9-11)13-17-16-12-5-3-2-4-7-18(12)13/h6,8-10H,2-5,7H2,1H3,(H,15,19)/t10-/m1/s1. The van der Waals surface area contributed by atoms with Crippen molar-refractivity contribution in [3.05, 3.63) is 34.0 Å². The molecule has 0 bridgehead atoms. The average Bonchev–Trinajstić information content (AvgIpc) is 3.04. The van der Waals surface area contributed by atoms with Crippen molar-refractivity contribution < 1.29 is 4.79 Å². The van der Waals surface area contributed by atoms with Crippen LogP contribution in [0.15, 0.2) is 16.8 Å². The molecule has 0 saturated carbocycles. The Morgan fingerprint density at radius 2 is 2.30 bits per heavy atom. The van der Waals surface area contributed by atoms with Gasteiger partial charge in [0.1, 0.15) is 5.82 Å². The lowest BCUT2D eigenvalue weighted by atomic mass is 10.2. The van der Waals surface area contributed by atoms with Crippen molar-refractivity contribution in [1.82, 2.24) is 20.1 Å². The average molecular weight is 290 g/mol. The van der Waals surface area contributed by atoms with Gasteiger partial charge in [-0.05, 0) is 31.2 Å². The molecule has 6 heteroatoms. The van der Waals surface area contributed by atoms with E-state index in [1.807, 2.05) is 23.8 Å². The number of hydrogen-bond donors (Lipinski definition) is 1. The van der Waals surface area contributed by atoms with Crippen LogP contribution >= 0.6 is 11.3 Å². The zero-order chi connectivity index (χ0) is 13.9. The van der Waals surface area contributed by atoms with E-state index in [1.54, 1.807) is 0 Å². The van der Waals surface area contributed by atoms with Gasteiger partial charge in [0, 0.05) is 18.3 Å². The van der Waals surface area contributed by atoms with Crippen LogP contribution in [-0.4, -0.2) is 20.7 Å². The number of nitrogens with one attached hydrogen (secondary N) is 1. The van der Waals surface area contributed by atoms with Crippen LogP contribution in [0.1, 0.15) is 54.2 Å². The van der Waals surface area contributed by atoms with E-state index in [4.69, 9.17) is 0 Å². The number of rotatable bonds is 3. The second-order valence-electron chi connectivity index (χ2n) is 5.14. The molecule has 1 amide bonds. The highest BCUT2D eigenvalue weighted by Gasteiger charge is 2.20. The van der Waals surface area contributed by atoms with Crippen molar-refractivity contribution in [1.29, 1.82) is 0 Å². The van der Waals surface area contributed by atoms with E-state index in [0.717, 1.165) is 31.0 Å². The molecular formula is C14H18N4OS. The molecule has 106 valence electrons. The van der Waals surface area contributed by atoms with Crippen LogP contribution in [0.2, 0.25) is 0 Å². The van der Waals surface area contributed by atoms with Gasteiger partial charge in [-0.15, -0.1) is 10.2 Å². The summed E-state index contributed by atoms with van der Waals surface area (Å²) < 4.78 is 2.17. The topological polar surface area (TPSA) is 59.8 Å². The molecule has 5 nitrogen and oxygen atoms in total. The fourth-order valence-electron chi connectivity index (χ4n) is 2.57. The molecule has 2 aromatic rings. The largest absolute Gasteiger partial charge is 0.342 e. The first kappa shape index (κ1) is 13.3. The molecule has 0 saturated heterocycles. The van der Waals surface area contributed by atoms with E-state index in [1.165, 1.54) is 24.2 Å². The lowest BCUT2D eigenvalue weighted by Gasteiger charge is -2.14. The molecule has 20 heavy (non-hydrogen) atoms. The maximum absolute atomic E-state index is 12.1. The predicted octanol–water partition coefficient (Wildman–Crippen LogP) is 2.56. The van der Waals surface area contributed by atoms with Gasteiger partial charge in [-0.1, -0.05) is 6.42 Å². The number of nitrogens with zero attached hydrogens (tertiary/aromatic N) is 3. The summed E-state index contributed by atoms with van der Waals surface area (Å²) in [6, 6.07) is 1.71. The Hall–Kier alpha value is -1.69. The first-order chi connectivity index (χ1) is 9.75. The zero-order valence-electron chi connectivity index (χ0n) is 11.5. The van der Waals surface area contributed by atoms with Gasteiger partial charge in [0.15, 0.2) is 5.82 Å². The quantitative estimate of drug-likeness (QED) is 0.945. The minimum atomic E-state index is -0.123. The minimum Gasteiger partial charge on any atom is -0.342 e. The maximum atomic E-state index is 12.1. The molecule has 3 rings (SSSR count). The molecule has 0 aromatic carbocycles. The summed E-state index contributed by atoms with van der Waals surface area (Å²) >= 11 is 1.52. The zero-order valence-corrected chi connectivity index (χ0v) is 12.3. The summed E-state index contributed by atoms with van der Waals surface area (Å²) in [5.41, 5.74) is 0.706. The second kappa shape index (κ2) is 5.75. The molecule has 1 aliphatic heterocycles. The van der Waals surface area contributed by atoms with Crippen molar-refractivity contribution >= 4 is 17.2 Å². The van der Waals surface area contributed by atoms with Crippen LogP contribution in [0.25, 0.3) is 0 Å². The van der Waals surface area contributed by atoms with Crippen molar-refractivity contribution in [2.75, 3.05) is 0 Å². The van der Waals surface area contributed by atoms with E-state index in [-0.39, 0.29) is 11.9 Å². The molecule has 1 N–H and O–H groups in total. The molecule has 0 spiro atoms. The summed E-state index contributed by atoms with van der Waals surface area (Å²) in [5.74, 6) is 1.87. The molecule has 3 heterocycles. The molecule has 0 radical (unpaired) electrons. The highest BCUT2D eigenvalue weighted by molar-refractivity contribution is 7.08.